The summed E-state index contributed by atoms with van der Waals surface area (Å²) in [5.74, 6) is -0.324. The molecule has 130 valence electrons. The Labute approximate surface area is 143 Å². The van der Waals surface area contributed by atoms with Crippen molar-refractivity contribution in [2.45, 2.75) is 39.5 Å². The van der Waals surface area contributed by atoms with Crippen LogP contribution in [0.2, 0.25) is 0 Å². The molecule has 0 aliphatic carbocycles. The van der Waals surface area contributed by atoms with Gasteiger partial charge in [-0.25, -0.2) is 8.42 Å². The molecular formula is C17H23N3O3S. The molecule has 0 amide bonds. The Balaban J connectivity index is 2.59. The second-order valence-corrected chi connectivity index (χ2v) is 7.50. The highest BCUT2D eigenvalue weighted by Gasteiger charge is 2.31. The van der Waals surface area contributed by atoms with E-state index in [-0.39, 0.29) is 10.8 Å². The van der Waals surface area contributed by atoms with Crippen LogP contribution in [-0.2, 0) is 10.0 Å². The molecule has 0 bridgehead atoms. The van der Waals surface area contributed by atoms with Crippen LogP contribution in [0.4, 0.5) is 0 Å². The van der Waals surface area contributed by atoms with Crippen molar-refractivity contribution >= 4 is 15.9 Å². The first-order valence-corrected chi connectivity index (χ1v) is 9.36. The lowest BCUT2D eigenvalue weighted by atomic mass is 10.1. The molecule has 0 atom stereocenters. The lowest BCUT2D eigenvalue weighted by Crippen LogP contribution is -2.31. The first-order chi connectivity index (χ1) is 11.3. The van der Waals surface area contributed by atoms with Gasteiger partial charge >= 0.3 is 0 Å². The zero-order chi connectivity index (χ0) is 18.1. The van der Waals surface area contributed by atoms with Crippen molar-refractivity contribution in [2.75, 3.05) is 13.1 Å². The molecule has 6 nitrogen and oxygen atoms in total. The van der Waals surface area contributed by atoms with E-state index < -0.39 is 10.0 Å². The third kappa shape index (κ3) is 3.01. The molecule has 0 saturated heterocycles. The smallest absolute Gasteiger partial charge is 0.267 e. The number of carbonyl (C=O) groups excluding carboxylic acids is 1. The van der Waals surface area contributed by atoms with Gasteiger partial charge in [0, 0.05) is 18.7 Å². The summed E-state index contributed by atoms with van der Waals surface area (Å²) in [6.07, 6.45) is 0. The Morgan fingerprint density at radius 1 is 1.12 bits per heavy atom. The largest absolute Gasteiger partial charge is 0.278 e. The SMILES string of the molecule is CCN(CC)S(=O)(=O)c1c(C)nn(C(=O)c2ccccc2C)c1C. The van der Waals surface area contributed by atoms with E-state index in [4.69, 9.17) is 0 Å². The number of aromatic nitrogens is 2. The van der Waals surface area contributed by atoms with Crippen molar-refractivity contribution in [1.29, 1.82) is 0 Å². The first-order valence-electron chi connectivity index (χ1n) is 7.92. The summed E-state index contributed by atoms with van der Waals surface area (Å²) in [6, 6.07) is 7.18. The van der Waals surface area contributed by atoms with Crippen molar-refractivity contribution in [2.24, 2.45) is 0 Å². The number of sulfonamides is 1. The Morgan fingerprint density at radius 3 is 2.25 bits per heavy atom. The van der Waals surface area contributed by atoms with E-state index in [1.165, 1.54) is 8.99 Å². The van der Waals surface area contributed by atoms with E-state index in [0.29, 0.717) is 30.0 Å². The zero-order valence-corrected chi connectivity index (χ0v) is 15.5. The molecule has 1 heterocycles. The molecule has 0 fully saturated rings. The number of carbonyl (C=O) groups is 1. The molecule has 7 heteroatoms. The molecule has 0 aliphatic heterocycles. The van der Waals surface area contributed by atoms with Gasteiger partial charge in [-0.05, 0) is 32.4 Å². The first kappa shape index (κ1) is 18.4. The van der Waals surface area contributed by atoms with Gasteiger partial charge in [0.1, 0.15) is 4.90 Å². The number of nitrogens with zero attached hydrogens (tertiary/aromatic N) is 3. The molecule has 0 radical (unpaired) electrons. The summed E-state index contributed by atoms with van der Waals surface area (Å²) in [5, 5.41) is 4.21. The Bertz CT molecular complexity index is 865. The lowest BCUT2D eigenvalue weighted by molar-refractivity contribution is 0.0941. The minimum atomic E-state index is -3.67. The Kier molecular flexibility index (Phi) is 5.25. The number of hydrogen-bond donors (Lipinski definition) is 0. The molecule has 0 aliphatic rings. The van der Waals surface area contributed by atoms with Crippen molar-refractivity contribution in [1.82, 2.24) is 14.1 Å². The van der Waals surface area contributed by atoms with Gasteiger partial charge in [0.25, 0.3) is 5.91 Å². The molecule has 0 N–H and O–H groups in total. The van der Waals surface area contributed by atoms with Gasteiger partial charge in [-0.2, -0.15) is 14.1 Å². The van der Waals surface area contributed by atoms with Crippen LogP contribution < -0.4 is 0 Å². The van der Waals surface area contributed by atoms with Crippen LogP contribution in [0.15, 0.2) is 29.2 Å². The molecule has 1 aromatic heterocycles. The van der Waals surface area contributed by atoms with Gasteiger partial charge in [-0.15, -0.1) is 0 Å². The molecular weight excluding hydrogens is 326 g/mol. The van der Waals surface area contributed by atoms with Crippen LogP contribution in [0.1, 0.15) is 41.2 Å². The number of rotatable bonds is 5. The van der Waals surface area contributed by atoms with Gasteiger partial charge in [0.2, 0.25) is 10.0 Å². The van der Waals surface area contributed by atoms with Crippen LogP contribution in [0.3, 0.4) is 0 Å². The maximum atomic E-state index is 12.8. The highest BCUT2D eigenvalue weighted by atomic mass is 32.2. The summed E-state index contributed by atoms with van der Waals surface area (Å²) < 4.78 is 28.2. The summed E-state index contributed by atoms with van der Waals surface area (Å²) in [4.78, 5) is 12.9. The van der Waals surface area contributed by atoms with E-state index in [2.05, 4.69) is 5.10 Å². The van der Waals surface area contributed by atoms with E-state index >= 15 is 0 Å². The topological polar surface area (TPSA) is 72.3 Å². The number of aryl methyl sites for hydroxylation is 2. The number of benzene rings is 1. The standard InChI is InChI=1S/C17H23N3O3S/c1-6-19(7-2)24(22,23)16-13(4)18-20(14(16)5)17(21)15-11-9-8-10-12(15)3/h8-11H,6-7H2,1-5H3. The average Bonchev–Trinajstić information content (AvgIpc) is 2.83. The second kappa shape index (κ2) is 6.86. The van der Waals surface area contributed by atoms with Gasteiger partial charge in [0.05, 0.1) is 11.4 Å². The van der Waals surface area contributed by atoms with Crippen molar-refractivity contribution < 1.29 is 13.2 Å². The normalized spacial score (nSPS) is 11.9. The predicted molar refractivity (Wildman–Crippen MR) is 92.7 cm³/mol. The van der Waals surface area contributed by atoms with Crippen molar-refractivity contribution in [3.8, 4) is 0 Å². The van der Waals surface area contributed by atoms with Gasteiger partial charge < -0.3 is 0 Å². The zero-order valence-electron chi connectivity index (χ0n) is 14.7. The fourth-order valence-corrected chi connectivity index (χ4v) is 4.63. The van der Waals surface area contributed by atoms with E-state index in [9.17, 15) is 13.2 Å². The van der Waals surface area contributed by atoms with Crippen LogP contribution in [-0.4, -0.2) is 41.5 Å². The molecule has 0 unspecified atom stereocenters. The predicted octanol–water partition coefficient (Wildman–Crippen LogP) is 2.53. The minimum absolute atomic E-state index is 0.119. The number of hydrogen-bond acceptors (Lipinski definition) is 4. The second-order valence-electron chi connectivity index (χ2n) is 5.62. The summed E-state index contributed by atoms with van der Waals surface area (Å²) in [5.41, 5.74) is 2.01. The van der Waals surface area contributed by atoms with Crippen molar-refractivity contribution in [3.63, 3.8) is 0 Å². The highest BCUT2D eigenvalue weighted by molar-refractivity contribution is 7.89. The Morgan fingerprint density at radius 2 is 1.71 bits per heavy atom. The third-order valence-corrected chi connectivity index (χ3v) is 6.40. The lowest BCUT2D eigenvalue weighted by Gasteiger charge is -2.18. The van der Waals surface area contributed by atoms with Crippen molar-refractivity contribution in [3.05, 3.63) is 46.8 Å². The van der Waals surface area contributed by atoms with E-state index in [1.54, 1.807) is 39.8 Å². The van der Waals surface area contributed by atoms with Crippen LogP contribution in [0, 0.1) is 20.8 Å². The third-order valence-electron chi connectivity index (χ3n) is 4.10. The summed E-state index contributed by atoms with van der Waals surface area (Å²) >= 11 is 0. The molecule has 2 aromatic rings. The van der Waals surface area contributed by atoms with Crippen LogP contribution in [0.25, 0.3) is 0 Å². The quantitative estimate of drug-likeness (QED) is 0.831. The fourth-order valence-electron chi connectivity index (χ4n) is 2.82. The minimum Gasteiger partial charge on any atom is -0.267 e. The summed E-state index contributed by atoms with van der Waals surface area (Å²) in [7, 11) is -3.67. The maximum Gasteiger partial charge on any atom is 0.278 e. The average molecular weight is 349 g/mol. The monoisotopic (exact) mass is 349 g/mol. The van der Waals surface area contributed by atoms with E-state index in [0.717, 1.165) is 5.56 Å². The maximum absolute atomic E-state index is 12.8. The molecule has 0 spiro atoms. The van der Waals surface area contributed by atoms with Gasteiger partial charge in [-0.3, -0.25) is 4.79 Å². The molecule has 0 saturated carbocycles. The highest BCUT2D eigenvalue weighted by Crippen LogP contribution is 2.24. The molecule has 24 heavy (non-hydrogen) atoms. The molecule has 2 rings (SSSR count). The fraction of sp³-hybridized carbons (Fsp3) is 0.412. The Hall–Kier alpha value is -1.99. The van der Waals surface area contributed by atoms with Gasteiger partial charge in [-0.1, -0.05) is 32.0 Å². The van der Waals surface area contributed by atoms with Crippen LogP contribution >= 0.6 is 0 Å². The van der Waals surface area contributed by atoms with Gasteiger partial charge in [0.15, 0.2) is 0 Å². The summed E-state index contributed by atoms with van der Waals surface area (Å²) in [6.45, 7) is 9.39. The van der Waals surface area contributed by atoms with Crippen LogP contribution in [0.5, 0.6) is 0 Å². The van der Waals surface area contributed by atoms with E-state index in [1.807, 2.05) is 19.1 Å². The molecule has 1 aromatic carbocycles.